The molecule has 8 heteroatoms. The van der Waals surface area contributed by atoms with Gasteiger partial charge in [-0.1, -0.05) is 0 Å². The molecule has 0 radical (unpaired) electrons. The predicted octanol–water partition coefficient (Wildman–Crippen LogP) is 2.45. The number of nitrogens with one attached hydrogen (secondary N) is 2. The van der Waals surface area contributed by atoms with E-state index in [0.717, 1.165) is 31.6 Å². The molecule has 0 aromatic heterocycles. The van der Waals surface area contributed by atoms with Crippen LogP contribution < -0.4 is 10.6 Å². The number of anilines is 2. The Kier molecular flexibility index (Phi) is 7.01. The fourth-order valence-corrected chi connectivity index (χ4v) is 3.87. The fraction of sp³-hybridized carbons (Fsp3) is 0.375. The topological polar surface area (TPSA) is 91.0 Å². The van der Waals surface area contributed by atoms with Gasteiger partial charge < -0.3 is 25.2 Å². The average Bonchev–Trinajstić information content (AvgIpc) is 3.38. The van der Waals surface area contributed by atoms with Crippen molar-refractivity contribution in [3.8, 4) is 0 Å². The van der Waals surface area contributed by atoms with Crippen molar-refractivity contribution in [1.82, 2.24) is 9.80 Å². The Labute approximate surface area is 187 Å². The largest absolute Gasteiger partial charge is 0.378 e. The van der Waals surface area contributed by atoms with Crippen molar-refractivity contribution < 1.29 is 19.1 Å². The number of amides is 3. The summed E-state index contributed by atoms with van der Waals surface area (Å²) in [5.74, 6) is -0.168. The van der Waals surface area contributed by atoms with Gasteiger partial charge in [-0.05, 0) is 61.4 Å². The first kappa shape index (κ1) is 21.8. The maximum absolute atomic E-state index is 12.5. The standard InChI is InChI=1S/C24H28N4O4/c29-22(26-21-9-5-19(6-10-21)23(30)27-11-1-2-12-27)17-25-20-7-3-18(4-8-20)24(31)28-13-15-32-16-14-28/h3-10,25H,1-2,11-17H2,(H,26,29). The van der Waals surface area contributed by atoms with Crippen molar-refractivity contribution in [1.29, 1.82) is 0 Å². The fourth-order valence-electron chi connectivity index (χ4n) is 3.87. The summed E-state index contributed by atoms with van der Waals surface area (Å²) in [5.41, 5.74) is 2.65. The van der Waals surface area contributed by atoms with Crippen LogP contribution in [0.2, 0.25) is 0 Å². The van der Waals surface area contributed by atoms with Crippen LogP contribution in [-0.2, 0) is 9.53 Å². The van der Waals surface area contributed by atoms with Gasteiger partial charge in [0.05, 0.1) is 19.8 Å². The number of hydrogen-bond acceptors (Lipinski definition) is 5. The van der Waals surface area contributed by atoms with Gasteiger partial charge in [0.15, 0.2) is 0 Å². The van der Waals surface area contributed by atoms with E-state index in [-0.39, 0.29) is 24.3 Å². The lowest BCUT2D eigenvalue weighted by Crippen LogP contribution is -2.40. The third kappa shape index (κ3) is 5.45. The monoisotopic (exact) mass is 436 g/mol. The van der Waals surface area contributed by atoms with Gasteiger partial charge in [-0.2, -0.15) is 0 Å². The maximum Gasteiger partial charge on any atom is 0.254 e. The minimum atomic E-state index is -0.197. The lowest BCUT2D eigenvalue weighted by molar-refractivity contribution is -0.114. The number of benzene rings is 2. The highest BCUT2D eigenvalue weighted by Gasteiger charge is 2.20. The normalized spacial score (nSPS) is 16.0. The van der Waals surface area contributed by atoms with Gasteiger partial charge in [-0.3, -0.25) is 14.4 Å². The molecule has 2 fully saturated rings. The zero-order valence-electron chi connectivity index (χ0n) is 18.0. The molecule has 2 aromatic carbocycles. The zero-order chi connectivity index (χ0) is 22.3. The summed E-state index contributed by atoms with van der Waals surface area (Å²) < 4.78 is 5.28. The molecule has 4 rings (SSSR count). The number of nitrogens with zero attached hydrogens (tertiary/aromatic N) is 2. The molecule has 0 unspecified atom stereocenters. The summed E-state index contributed by atoms with van der Waals surface area (Å²) in [4.78, 5) is 40.8. The molecular weight excluding hydrogens is 408 g/mol. The Morgan fingerprint density at radius 2 is 1.22 bits per heavy atom. The summed E-state index contributed by atoms with van der Waals surface area (Å²) >= 11 is 0. The van der Waals surface area contributed by atoms with Crippen molar-refractivity contribution in [3.05, 3.63) is 59.7 Å². The Hall–Kier alpha value is -3.39. The van der Waals surface area contributed by atoms with E-state index in [9.17, 15) is 14.4 Å². The summed E-state index contributed by atoms with van der Waals surface area (Å²) in [6.45, 7) is 4.05. The van der Waals surface area contributed by atoms with Crippen LogP contribution in [0.1, 0.15) is 33.6 Å². The quantitative estimate of drug-likeness (QED) is 0.726. The first-order chi connectivity index (χ1) is 15.6. The van der Waals surface area contributed by atoms with Crippen LogP contribution in [0.25, 0.3) is 0 Å². The van der Waals surface area contributed by atoms with Gasteiger partial charge in [0.2, 0.25) is 5.91 Å². The van der Waals surface area contributed by atoms with E-state index < -0.39 is 0 Å². The number of likely N-dealkylation sites (tertiary alicyclic amines) is 1. The molecule has 0 saturated carbocycles. The first-order valence-electron chi connectivity index (χ1n) is 11.0. The van der Waals surface area contributed by atoms with E-state index in [1.165, 1.54) is 0 Å². The number of carbonyl (C=O) groups excluding carboxylic acids is 3. The molecule has 0 bridgehead atoms. The van der Waals surface area contributed by atoms with Gasteiger partial charge in [-0.25, -0.2) is 0 Å². The minimum absolute atomic E-state index is 0.00995. The van der Waals surface area contributed by atoms with Gasteiger partial charge in [0.25, 0.3) is 11.8 Å². The molecule has 168 valence electrons. The third-order valence-corrected chi connectivity index (χ3v) is 5.69. The molecule has 0 atom stereocenters. The van der Waals surface area contributed by atoms with Crippen LogP contribution in [0.15, 0.2) is 48.5 Å². The summed E-state index contributed by atoms with van der Waals surface area (Å²) in [7, 11) is 0. The van der Waals surface area contributed by atoms with Crippen molar-refractivity contribution in [2.24, 2.45) is 0 Å². The SMILES string of the molecule is O=C(CNc1ccc(C(=O)N2CCOCC2)cc1)Nc1ccc(C(=O)N2CCCC2)cc1. The molecule has 32 heavy (non-hydrogen) atoms. The second-order valence-corrected chi connectivity index (χ2v) is 7.96. The predicted molar refractivity (Wildman–Crippen MR) is 122 cm³/mol. The number of carbonyl (C=O) groups is 3. The number of morpholine rings is 1. The lowest BCUT2D eigenvalue weighted by Gasteiger charge is -2.26. The number of hydrogen-bond donors (Lipinski definition) is 2. The highest BCUT2D eigenvalue weighted by Crippen LogP contribution is 2.16. The van der Waals surface area contributed by atoms with Gasteiger partial charge in [0.1, 0.15) is 0 Å². The maximum atomic E-state index is 12.5. The Bertz CT molecular complexity index is 947. The van der Waals surface area contributed by atoms with Crippen LogP contribution in [0, 0.1) is 0 Å². The molecule has 2 aromatic rings. The second kappa shape index (κ2) is 10.3. The molecule has 2 saturated heterocycles. The van der Waals surface area contributed by atoms with Crippen molar-refractivity contribution in [3.63, 3.8) is 0 Å². The van der Waals surface area contributed by atoms with Crippen LogP contribution in [0.3, 0.4) is 0 Å². The molecule has 0 spiro atoms. The average molecular weight is 437 g/mol. The van der Waals surface area contributed by atoms with E-state index in [1.54, 1.807) is 53.4 Å². The molecule has 2 heterocycles. The summed E-state index contributed by atoms with van der Waals surface area (Å²) in [5, 5.41) is 5.88. The van der Waals surface area contributed by atoms with Crippen molar-refractivity contribution >= 4 is 29.1 Å². The molecule has 2 N–H and O–H groups in total. The molecule has 2 aliphatic heterocycles. The van der Waals surface area contributed by atoms with Crippen molar-refractivity contribution in [2.75, 3.05) is 56.6 Å². The van der Waals surface area contributed by atoms with E-state index in [0.29, 0.717) is 43.1 Å². The van der Waals surface area contributed by atoms with Gasteiger partial charge in [-0.15, -0.1) is 0 Å². The second-order valence-electron chi connectivity index (χ2n) is 7.96. The summed E-state index contributed by atoms with van der Waals surface area (Å²) in [6, 6.07) is 14.1. The molecule has 2 aliphatic rings. The Morgan fingerprint density at radius 1 is 0.719 bits per heavy atom. The number of rotatable bonds is 6. The van der Waals surface area contributed by atoms with E-state index in [1.807, 2.05) is 4.90 Å². The highest BCUT2D eigenvalue weighted by atomic mass is 16.5. The third-order valence-electron chi connectivity index (χ3n) is 5.69. The zero-order valence-corrected chi connectivity index (χ0v) is 18.0. The molecule has 0 aliphatic carbocycles. The number of ether oxygens (including phenoxy) is 1. The van der Waals surface area contributed by atoms with Crippen LogP contribution in [-0.4, -0.2) is 73.5 Å². The van der Waals surface area contributed by atoms with Gasteiger partial charge in [0, 0.05) is 48.7 Å². The van der Waals surface area contributed by atoms with E-state index >= 15 is 0 Å². The highest BCUT2D eigenvalue weighted by molar-refractivity contribution is 5.97. The Morgan fingerprint density at radius 3 is 1.78 bits per heavy atom. The van der Waals surface area contributed by atoms with Gasteiger partial charge >= 0.3 is 0 Å². The first-order valence-corrected chi connectivity index (χ1v) is 11.0. The van der Waals surface area contributed by atoms with E-state index in [4.69, 9.17) is 4.74 Å². The van der Waals surface area contributed by atoms with Crippen molar-refractivity contribution in [2.45, 2.75) is 12.8 Å². The van der Waals surface area contributed by atoms with Crippen LogP contribution in [0.4, 0.5) is 11.4 Å². The lowest BCUT2D eigenvalue weighted by atomic mass is 10.1. The van der Waals surface area contributed by atoms with Crippen LogP contribution >= 0.6 is 0 Å². The minimum Gasteiger partial charge on any atom is -0.378 e. The molecule has 3 amide bonds. The van der Waals surface area contributed by atoms with Crippen LogP contribution in [0.5, 0.6) is 0 Å². The smallest absolute Gasteiger partial charge is 0.254 e. The molecular formula is C24H28N4O4. The summed E-state index contributed by atoms with van der Waals surface area (Å²) in [6.07, 6.45) is 2.11. The molecule has 8 nitrogen and oxygen atoms in total. The van der Waals surface area contributed by atoms with E-state index in [2.05, 4.69) is 10.6 Å². The Balaban J connectivity index is 1.24.